The molecule has 1 aliphatic carbocycles. The Kier molecular flexibility index (Phi) is 4.03. The first-order valence-electron chi connectivity index (χ1n) is 6.90. The smallest absolute Gasteiger partial charge is 0.127 e. The van der Waals surface area contributed by atoms with Crippen molar-refractivity contribution in [3.8, 4) is 0 Å². The SMILES string of the molecule is Fc1cccc(Cl)c1CCn1ccnc1CNC1CC1. The molecule has 0 bridgehead atoms. The summed E-state index contributed by atoms with van der Waals surface area (Å²) < 4.78 is 15.8. The van der Waals surface area contributed by atoms with Crippen molar-refractivity contribution >= 4 is 11.6 Å². The van der Waals surface area contributed by atoms with E-state index in [4.69, 9.17) is 11.6 Å². The van der Waals surface area contributed by atoms with Gasteiger partial charge >= 0.3 is 0 Å². The van der Waals surface area contributed by atoms with Gasteiger partial charge in [0.15, 0.2) is 0 Å². The van der Waals surface area contributed by atoms with Crippen LogP contribution in [-0.4, -0.2) is 15.6 Å². The van der Waals surface area contributed by atoms with E-state index in [9.17, 15) is 4.39 Å². The highest BCUT2D eigenvalue weighted by molar-refractivity contribution is 6.31. The van der Waals surface area contributed by atoms with Gasteiger partial charge < -0.3 is 9.88 Å². The van der Waals surface area contributed by atoms with Gasteiger partial charge in [0.25, 0.3) is 0 Å². The number of rotatable bonds is 6. The van der Waals surface area contributed by atoms with Gasteiger partial charge in [0.2, 0.25) is 0 Å². The van der Waals surface area contributed by atoms with Crippen LogP contribution in [0.3, 0.4) is 0 Å². The lowest BCUT2D eigenvalue weighted by atomic mass is 10.1. The molecule has 5 heteroatoms. The molecule has 1 saturated carbocycles. The fourth-order valence-corrected chi connectivity index (χ4v) is 2.49. The van der Waals surface area contributed by atoms with Crippen molar-refractivity contribution in [1.82, 2.24) is 14.9 Å². The predicted octanol–water partition coefficient (Wildman–Crippen LogP) is 3.17. The Morgan fingerprint density at radius 3 is 3.00 bits per heavy atom. The molecule has 1 fully saturated rings. The largest absolute Gasteiger partial charge is 0.334 e. The molecular weight excluding hydrogens is 277 g/mol. The summed E-state index contributed by atoms with van der Waals surface area (Å²) >= 11 is 6.04. The number of nitrogens with one attached hydrogen (secondary N) is 1. The van der Waals surface area contributed by atoms with Gasteiger partial charge in [0.05, 0.1) is 6.54 Å². The molecule has 1 heterocycles. The lowest BCUT2D eigenvalue weighted by Crippen LogP contribution is -2.19. The van der Waals surface area contributed by atoms with Gasteiger partial charge in [0.1, 0.15) is 11.6 Å². The molecule has 0 amide bonds. The lowest BCUT2D eigenvalue weighted by molar-refractivity contribution is 0.570. The van der Waals surface area contributed by atoms with Crippen molar-refractivity contribution in [3.05, 3.63) is 52.8 Å². The number of benzene rings is 1. The van der Waals surface area contributed by atoms with E-state index in [1.807, 2.05) is 6.20 Å². The van der Waals surface area contributed by atoms with Crippen LogP contribution in [-0.2, 0) is 19.5 Å². The molecule has 2 aromatic rings. The third-order valence-corrected chi connectivity index (χ3v) is 3.95. The molecule has 1 aromatic carbocycles. The maximum absolute atomic E-state index is 13.7. The topological polar surface area (TPSA) is 29.9 Å². The zero-order valence-corrected chi connectivity index (χ0v) is 11.9. The molecule has 106 valence electrons. The van der Waals surface area contributed by atoms with Crippen LogP contribution >= 0.6 is 11.6 Å². The second-order valence-electron chi connectivity index (χ2n) is 5.14. The number of aryl methyl sites for hydroxylation is 1. The normalized spacial score (nSPS) is 14.7. The van der Waals surface area contributed by atoms with E-state index in [0.29, 0.717) is 29.6 Å². The third kappa shape index (κ3) is 3.19. The summed E-state index contributed by atoms with van der Waals surface area (Å²) in [5, 5.41) is 3.93. The van der Waals surface area contributed by atoms with Crippen LogP contribution < -0.4 is 5.32 Å². The van der Waals surface area contributed by atoms with Crippen molar-refractivity contribution in [2.24, 2.45) is 0 Å². The van der Waals surface area contributed by atoms with Gasteiger partial charge in [-0.2, -0.15) is 0 Å². The Balaban J connectivity index is 1.64. The van der Waals surface area contributed by atoms with Crippen LogP contribution in [0.2, 0.25) is 5.02 Å². The summed E-state index contributed by atoms with van der Waals surface area (Å²) in [4.78, 5) is 4.35. The molecule has 0 aliphatic heterocycles. The maximum atomic E-state index is 13.7. The Morgan fingerprint density at radius 1 is 1.40 bits per heavy atom. The van der Waals surface area contributed by atoms with Crippen LogP contribution in [0.4, 0.5) is 4.39 Å². The lowest BCUT2D eigenvalue weighted by Gasteiger charge is -2.10. The molecule has 0 unspecified atom stereocenters. The summed E-state index contributed by atoms with van der Waals surface area (Å²) in [5.74, 6) is 0.750. The van der Waals surface area contributed by atoms with Crippen molar-refractivity contribution in [3.63, 3.8) is 0 Å². The van der Waals surface area contributed by atoms with Gasteiger partial charge in [0, 0.05) is 35.6 Å². The fourth-order valence-electron chi connectivity index (χ4n) is 2.24. The standard InChI is InChI=1S/C15H17ClFN3/c16-13-2-1-3-14(17)12(13)6-8-20-9-7-18-15(20)10-19-11-4-5-11/h1-3,7,9,11,19H,4-6,8,10H2. The van der Waals surface area contributed by atoms with Gasteiger partial charge in [-0.05, 0) is 31.4 Å². The van der Waals surface area contributed by atoms with Crippen molar-refractivity contribution in [2.75, 3.05) is 0 Å². The van der Waals surface area contributed by atoms with E-state index in [1.165, 1.54) is 18.9 Å². The van der Waals surface area contributed by atoms with Crippen LogP contribution in [0.15, 0.2) is 30.6 Å². The average molecular weight is 294 g/mol. The summed E-state index contributed by atoms with van der Waals surface area (Å²) in [7, 11) is 0. The van der Waals surface area contributed by atoms with E-state index >= 15 is 0 Å². The molecule has 0 atom stereocenters. The molecule has 0 radical (unpaired) electrons. The first-order chi connectivity index (χ1) is 9.74. The van der Waals surface area contributed by atoms with Crippen LogP contribution in [0.5, 0.6) is 0 Å². The first kappa shape index (κ1) is 13.6. The Bertz CT molecular complexity index is 572. The number of halogens is 2. The van der Waals surface area contributed by atoms with Gasteiger partial charge in [-0.3, -0.25) is 0 Å². The van der Waals surface area contributed by atoms with Gasteiger partial charge in [-0.1, -0.05) is 17.7 Å². The molecule has 1 aliphatic rings. The molecule has 0 spiro atoms. The number of nitrogens with zero attached hydrogens (tertiary/aromatic N) is 2. The average Bonchev–Trinajstić information content (AvgIpc) is 3.15. The molecule has 3 rings (SSSR count). The minimum atomic E-state index is -0.240. The highest BCUT2D eigenvalue weighted by atomic mass is 35.5. The number of hydrogen-bond acceptors (Lipinski definition) is 2. The predicted molar refractivity (Wildman–Crippen MR) is 77.2 cm³/mol. The monoisotopic (exact) mass is 293 g/mol. The zero-order chi connectivity index (χ0) is 13.9. The third-order valence-electron chi connectivity index (χ3n) is 3.59. The van der Waals surface area contributed by atoms with Crippen molar-refractivity contribution < 1.29 is 4.39 Å². The molecule has 3 nitrogen and oxygen atoms in total. The Morgan fingerprint density at radius 2 is 2.25 bits per heavy atom. The molecule has 1 aromatic heterocycles. The minimum absolute atomic E-state index is 0.240. The summed E-state index contributed by atoms with van der Waals surface area (Å²) in [5.41, 5.74) is 0.573. The highest BCUT2D eigenvalue weighted by Crippen LogP contribution is 2.21. The quantitative estimate of drug-likeness (QED) is 0.886. The minimum Gasteiger partial charge on any atom is -0.334 e. The van der Waals surface area contributed by atoms with E-state index in [-0.39, 0.29) is 5.82 Å². The maximum Gasteiger partial charge on any atom is 0.127 e. The first-order valence-corrected chi connectivity index (χ1v) is 7.28. The Labute approximate surface area is 122 Å². The molecule has 20 heavy (non-hydrogen) atoms. The summed E-state index contributed by atoms with van der Waals surface area (Å²) in [6.07, 6.45) is 6.79. The summed E-state index contributed by atoms with van der Waals surface area (Å²) in [6.45, 7) is 1.45. The van der Waals surface area contributed by atoms with E-state index in [2.05, 4.69) is 14.9 Å². The van der Waals surface area contributed by atoms with Crippen LogP contribution in [0, 0.1) is 5.82 Å². The van der Waals surface area contributed by atoms with Gasteiger partial charge in [-0.25, -0.2) is 9.37 Å². The van der Waals surface area contributed by atoms with Crippen molar-refractivity contribution in [1.29, 1.82) is 0 Å². The van der Waals surface area contributed by atoms with Crippen molar-refractivity contribution in [2.45, 2.75) is 38.4 Å². The fraction of sp³-hybridized carbons (Fsp3) is 0.400. The molecular formula is C15H17ClFN3. The Hall–Kier alpha value is -1.39. The number of hydrogen-bond donors (Lipinski definition) is 1. The van der Waals surface area contributed by atoms with Crippen LogP contribution in [0.25, 0.3) is 0 Å². The second-order valence-corrected chi connectivity index (χ2v) is 5.55. The van der Waals surface area contributed by atoms with E-state index < -0.39 is 0 Å². The second kappa shape index (κ2) is 5.94. The zero-order valence-electron chi connectivity index (χ0n) is 11.1. The summed E-state index contributed by atoms with van der Waals surface area (Å²) in [6, 6.07) is 5.46. The number of imidazole rings is 1. The van der Waals surface area contributed by atoms with Crippen LogP contribution in [0.1, 0.15) is 24.2 Å². The molecule has 0 saturated heterocycles. The van der Waals surface area contributed by atoms with E-state index in [1.54, 1.807) is 18.3 Å². The van der Waals surface area contributed by atoms with Gasteiger partial charge in [-0.15, -0.1) is 0 Å². The number of aromatic nitrogens is 2. The highest BCUT2D eigenvalue weighted by Gasteiger charge is 2.20. The molecule has 1 N–H and O–H groups in total. The van der Waals surface area contributed by atoms with E-state index in [0.717, 1.165) is 12.4 Å².